The third kappa shape index (κ3) is 3.56. The van der Waals surface area contributed by atoms with Crippen molar-refractivity contribution in [3.63, 3.8) is 0 Å². The van der Waals surface area contributed by atoms with Crippen molar-refractivity contribution in [1.29, 1.82) is 0 Å². The van der Waals surface area contributed by atoms with Gasteiger partial charge in [-0.1, -0.05) is 6.07 Å². The van der Waals surface area contributed by atoms with Crippen molar-refractivity contribution in [1.82, 2.24) is 5.32 Å². The molecule has 0 bridgehead atoms. The van der Waals surface area contributed by atoms with E-state index in [1.165, 1.54) is 0 Å². The summed E-state index contributed by atoms with van der Waals surface area (Å²) in [5.41, 5.74) is 2.52. The first-order chi connectivity index (χ1) is 13.1. The number of fused-ring (bicyclic) bond motifs is 2. The van der Waals surface area contributed by atoms with Crippen LogP contribution in [-0.2, 0) is 11.2 Å². The summed E-state index contributed by atoms with van der Waals surface area (Å²) >= 11 is 0. The lowest BCUT2D eigenvalue weighted by atomic mass is 10.1. The van der Waals surface area contributed by atoms with E-state index in [0.29, 0.717) is 18.8 Å². The number of amides is 1. The molecule has 1 N–H and O–H groups in total. The molecule has 2 aromatic carbocycles. The van der Waals surface area contributed by atoms with Crippen LogP contribution in [0.1, 0.15) is 24.1 Å². The lowest BCUT2D eigenvalue weighted by molar-refractivity contribution is -0.121. The second-order valence-corrected chi connectivity index (χ2v) is 6.49. The number of rotatable bonds is 5. The topological polar surface area (TPSA) is 69.9 Å². The second kappa shape index (κ2) is 7.23. The summed E-state index contributed by atoms with van der Waals surface area (Å²) in [6, 6.07) is 11.2. The molecule has 6 nitrogen and oxygen atoms in total. The Kier molecular flexibility index (Phi) is 4.62. The first-order valence-electron chi connectivity index (χ1n) is 8.87. The SMILES string of the molecule is COc1ccc2c(CC(=O)N[C@@H](C)c3ccc4c(c3)OCCO4)coc2c1. The van der Waals surface area contributed by atoms with E-state index < -0.39 is 0 Å². The predicted molar refractivity (Wildman–Crippen MR) is 100 cm³/mol. The van der Waals surface area contributed by atoms with Crippen molar-refractivity contribution in [3.8, 4) is 17.2 Å². The van der Waals surface area contributed by atoms with E-state index in [-0.39, 0.29) is 18.4 Å². The lowest BCUT2D eigenvalue weighted by Gasteiger charge is -2.21. The first-order valence-corrected chi connectivity index (χ1v) is 8.87. The Labute approximate surface area is 157 Å². The number of hydrogen-bond donors (Lipinski definition) is 1. The smallest absolute Gasteiger partial charge is 0.225 e. The van der Waals surface area contributed by atoms with Crippen LogP contribution in [0.15, 0.2) is 47.1 Å². The maximum Gasteiger partial charge on any atom is 0.225 e. The quantitative estimate of drug-likeness (QED) is 0.746. The van der Waals surface area contributed by atoms with Crippen LogP contribution >= 0.6 is 0 Å². The number of benzene rings is 2. The molecule has 1 amide bonds. The van der Waals surface area contributed by atoms with Crippen molar-refractivity contribution < 1.29 is 23.4 Å². The number of ether oxygens (including phenoxy) is 3. The molecule has 2 heterocycles. The fourth-order valence-corrected chi connectivity index (χ4v) is 3.21. The molecule has 3 aromatic rings. The predicted octanol–water partition coefficient (Wildman–Crippen LogP) is 3.63. The third-order valence-electron chi connectivity index (χ3n) is 4.66. The van der Waals surface area contributed by atoms with E-state index in [9.17, 15) is 4.79 Å². The Bertz CT molecular complexity index is 978. The van der Waals surface area contributed by atoms with Gasteiger partial charge < -0.3 is 23.9 Å². The molecular formula is C21H21NO5. The van der Waals surface area contributed by atoms with Gasteiger partial charge in [0.1, 0.15) is 24.5 Å². The zero-order chi connectivity index (χ0) is 18.8. The van der Waals surface area contributed by atoms with E-state index in [0.717, 1.165) is 33.8 Å². The van der Waals surface area contributed by atoms with Gasteiger partial charge in [0.2, 0.25) is 5.91 Å². The van der Waals surface area contributed by atoms with E-state index in [1.807, 2.05) is 43.3 Å². The summed E-state index contributed by atoms with van der Waals surface area (Å²) in [6.07, 6.45) is 1.87. The number of methoxy groups -OCH3 is 1. The molecule has 1 aromatic heterocycles. The standard InChI is InChI=1S/C21H21NO5/c1-13(14-3-6-18-20(9-14)26-8-7-25-18)22-21(23)10-15-12-27-19-11-16(24-2)4-5-17(15)19/h3-6,9,11-13H,7-8,10H2,1-2H3,(H,22,23)/t13-/m0/s1. The monoisotopic (exact) mass is 367 g/mol. The normalized spacial score (nSPS) is 14.0. The Balaban J connectivity index is 1.45. The fraction of sp³-hybridized carbons (Fsp3) is 0.286. The second-order valence-electron chi connectivity index (χ2n) is 6.49. The average Bonchev–Trinajstić information content (AvgIpc) is 3.09. The highest BCUT2D eigenvalue weighted by Crippen LogP contribution is 2.32. The summed E-state index contributed by atoms with van der Waals surface area (Å²) in [5, 5.41) is 3.94. The lowest BCUT2D eigenvalue weighted by Crippen LogP contribution is -2.28. The maximum absolute atomic E-state index is 12.5. The van der Waals surface area contributed by atoms with Crippen molar-refractivity contribution in [2.24, 2.45) is 0 Å². The average molecular weight is 367 g/mol. The summed E-state index contributed by atoms with van der Waals surface area (Å²) in [7, 11) is 1.61. The van der Waals surface area contributed by atoms with Gasteiger partial charge in [0.15, 0.2) is 11.5 Å². The largest absolute Gasteiger partial charge is 0.497 e. The van der Waals surface area contributed by atoms with Crippen LogP contribution in [0.5, 0.6) is 17.2 Å². The molecule has 1 atom stereocenters. The van der Waals surface area contributed by atoms with Gasteiger partial charge in [0.05, 0.1) is 25.8 Å². The molecule has 6 heteroatoms. The zero-order valence-corrected chi connectivity index (χ0v) is 15.3. The number of hydrogen-bond acceptors (Lipinski definition) is 5. The van der Waals surface area contributed by atoms with E-state index >= 15 is 0 Å². The highest BCUT2D eigenvalue weighted by Gasteiger charge is 2.17. The number of furan rings is 1. The maximum atomic E-state index is 12.5. The van der Waals surface area contributed by atoms with E-state index in [1.54, 1.807) is 13.4 Å². The molecular weight excluding hydrogens is 346 g/mol. The fourth-order valence-electron chi connectivity index (χ4n) is 3.21. The minimum Gasteiger partial charge on any atom is -0.497 e. The molecule has 0 unspecified atom stereocenters. The Morgan fingerprint density at radius 2 is 1.96 bits per heavy atom. The van der Waals surface area contributed by atoms with Gasteiger partial charge in [-0.2, -0.15) is 0 Å². The van der Waals surface area contributed by atoms with Gasteiger partial charge >= 0.3 is 0 Å². The molecule has 1 aliphatic heterocycles. The summed E-state index contributed by atoms with van der Waals surface area (Å²) in [6.45, 7) is 3.04. The molecule has 0 aliphatic carbocycles. The highest BCUT2D eigenvalue weighted by atomic mass is 16.6. The first kappa shape index (κ1) is 17.3. The zero-order valence-electron chi connectivity index (χ0n) is 15.3. The highest BCUT2D eigenvalue weighted by molar-refractivity contribution is 5.88. The molecule has 0 saturated heterocycles. The van der Waals surface area contributed by atoms with Crippen molar-refractivity contribution >= 4 is 16.9 Å². The van der Waals surface area contributed by atoms with Gasteiger partial charge in [-0.05, 0) is 36.8 Å². The molecule has 4 rings (SSSR count). The Morgan fingerprint density at radius 3 is 2.78 bits per heavy atom. The number of nitrogens with one attached hydrogen (secondary N) is 1. The molecule has 0 radical (unpaired) electrons. The van der Waals surface area contributed by atoms with Gasteiger partial charge in [-0.15, -0.1) is 0 Å². The van der Waals surface area contributed by atoms with Crippen molar-refractivity contribution in [2.45, 2.75) is 19.4 Å². The van der Waals surface area contributed by atoms with Crippen molar-refractivity contribution in [3.05, 3.63) is 53.8 Å². The van der Waals surface area contributed by atoms with Crippen molar-refractivity contribution in [2.75, 3.05) is 20.3 Å². The summed E-state index contributed by atoms with van der Waals surface area (Å²) in [4.78, 5) is 12.5. The van der Waals surface area contributed by atoms with Crippen LogP contribution in [0.2, 0.25) is 0 Å². The third-order valence-corrected chi connectivity index (χ3v) is 4.66. The summed E-state index contributed by atoms with van der Waals surface area (Å²) in [5.74, 6) is 2.11. The minimum absolute atomic E-state index is 0.0732. The van der Waals surface area contributed by atoms with Gasteiger partial charge in [-0.25, -0.2) is 0 Å². The molecule has 0 spiro atoms. The number of carbonyl (C=O) groups excluding carboxylic acids is 1. The Hall–Kier alpha value is -3.15. The Morgan fingerprint density at radius 1 is 1.15 bits per heavy atom. The van der Waals surface area contributed by atoms with Gasteiger partial charge in [-0.3, -0.25) is 4.79 Å². The van der Waals surface area contributed by atoms with E-state index in [2.05, 4.69) is 5.32 Å². The van der Waals surface area contributed by atoms with Crippen LogP contribution in [0.3, 0.4) is 0 Å². The molecule has 0 saturated carbocycles. The van der Waals surface area contributed by atoms with E-state index in [4.69, 9.17) is 18.6 Å². The molecule has 1 aliphatic rings. The molecule has 0 fully saturated rings. The minimum atomic E-state index is -0.147. The van der Waals surface area contributed by atoms with Crippen LogP contribution in [-0.4, -0.2) is 26.2 Å². The van der Waals surface area contributed by atoms with Crippen LogP contribution in [0, 0.1) is 0 Å². The van der Waals surface area contributed by atoms with Gasteiger partial charge in [0.25, 0.3) is 0 Å². The van der Waals surface area contributed by atoms with Crippen LogP contribution in [0.25, 0.3) is 11.0 Å². The molecule has 27 heavy (non-hydrogen) atoms. The molecule has 140 valence electrons. The summed E-state index contributed by atoms with van der Waals surface area (Å²) < 4.78 is 21.9. The number of carbonyl (C=O) groups is 1. The van der Waals surface area contributed by atoms with Crippen LogP contribution in [0.4, 0.5) is 0 Å². The van der Waals surface area contributed by atoms with Crippen LogP contribution < -0.4 is 19.5 Å². The van der Waals surface area contributed by atoms with Gasteiger partial charge in [0, 0.05) is 17.0 Å².